The summed E-state index contributed by atoms with van der Waals surface area (Å²) in [4.78, 5) is 24.7. The van der Waals surface area contributed by atoms with Crippen LogP contribution in [0.3, 0.4) is 0 Å². The molecule has 1 aromatic carbocycles. The van der Waals surface area contributed by atoms with Crippen molar-refractivity contribution in [3.8, 4) is 12.3 Å². The highest BCUT2D eigenvalue weighted by molar-refractivity contribution is 6.05. The molecule has 2 heterocycles. The number of hydrogen-bond donors (Lipinski definition) is 3. The second-order valence-electron chi connectivity index (χ2n) is 4.39. The molecule has 2 aromatic heterocycles. The van der Waals surface area contributed by atoms with Gasteiger partial charge in [-0.15, -0.1) is 6.42 Å². The summed E-state index contributed by atoms with van der Waals surface area (Å²) >= 11 is 0. The Hall–Kier alpha value is -3.40. The van der Waals surface area contributed by atoms with Crippen LogP contribution in [0.1, 0.15) is 10.4 Å². The minimum atomic E-state index is -0.266. The van der Waals surface area contributed by atoms with Gasteiger partial charge in [0.05, 0.1) is 17.6 Å². The minimum absolute atomic E-state index is 0.165. The van der Waals surface area contributed by atoms with Crippen LogP contribution in [0, 0.1) is 12.3 Å². The van der Waals surface area contributed by atoms with E-state index < -0.39 is 0 Å². The van der Waals surface area contributed by atoms with Crippen molar-refractivity contribution in [1.29, 1.82) is 0 Å². The molecule has 0 atom stereocenters. The van der Waals surface area contributed by atoms with Gasteiger partial charge in [-0.1, -0.05) is 18.1 Å². The predicted octanol–water partition coefficient (Wildman–Crippen LogP) is 1.32. The van der Waals surface area contributed by atoms with Crippen molar-refractivity contribution in [2.45, 2.75) is 0 Å². The lowest BCUT2D eigenvalue weighted by atomic mass is 10.1. The normalized spacial score (nSPS) is 10.1. The summed E-state index contributed by atoms with van der Waals surface area (Å²) in [7, 11) is 0. The third-order valence-corrected chi connectivity index (χ3v) is 3.00. The first-order valence-corrected chi connectivity index (χ1v) is 6.51. The van der Waals surface area contributed by atoms with Crippen molar-refractivity contribution in [3.05, 3.63) is 42.4 Å². The van der Waals surface area contributed by atoms with Gasteiger partial charge in [0.2, 0.25) is 0 Å². The predicted molar refractivity (Wildman–Crippen MR) is 82.3 cm³/mol. The summed E-state index contributed by atoms with van der Waals surface area (Å²) < 4.78 is 0. The van der Waals surface area contributed by atoms with Gasteiger partial charge in [0.15, 0.2) is 11.3 Å². The molecule has 3 N–H and O–H groups in total. The van der Waals surface area contributed by atoms with Gasteiger partial charge in [0.25, 0.3) is 5.91 Å². The fourth-order valence-electron chi connectivity index (χ4n) is 2.00. The Morgan fingerprint density at radius 3 is 2.95 bits per heavy atom. The molecule has 0 saturated carbocycles. The zero-order valence-electron chi connectivity index (χ0n) is 11.5. The van der Waals surface area contributed by atoms with Crippen LogP contribution in [0.25, 0.3) is 22.2 Å². The second kappa shape index (κ2) is 5.93. The number of nitrogens with one attached hydrogen (secondary N) is 3. The quantitative estimate of drug-likeness (QED) is 0.620. The Morgan fingerprint density at radius 1 is 1.23 bits per heavy atom. The van der Waals surface area contributed by atoms with Gasteiger partial charge >= 0.3 is 0 Å². The van der Waals surface area contributed by atoms with E-state index in [1.807, 2.05) is 6.07 Å². The average molecular weight is 292 g/mol. The van der Waals surface area contributed by atoms with Crippen LogP contribution in [0.15, 0.2) is 36.8 Å². The van der Waals surface area contributed by atoms with Crippen molar-refractivity contribution in [3.63, 3.8) is 0 Å². The van der Waals surface area contributed by atoms with Gasteiger partial charge in [-0.2, -0.15) is 0 Å². The lowest BCUT2D eigenvalue weighted by Crippen LogP contribution is -2.23. The van der Waals surface area contributed by atoms with E-state index >= 15 is 0 Å². The Kier molecular flexibility index (Phi) is 3.66. The Morgan fingerprint density at radius 2 is 2.09 bits per heavy atom. The Labute approximate surface area is 125 Å². The lowest BCUT2D eigenvalue weighted by molar-refractivity contribution is 0.0960. The molecular formula is C15H12N6O. The van der Waals surface area contributed by atoms with E-state index in [1.54, 1.807) is 30.7 Å². The van der Waals surface area contributed by atoms with E-state index in [1.165, 1.54) is 0 Å². The van der Waals surface area contributed by atoms with Crippen LogP contribution in [-0.2, 0) is 0 Å². The lowest BCUT2D eigenvalue weighted by Gasteiger charge is -2.05. The maximum atomic E-state index is 12.2. The van der Waals surface area contributed by atoms with Crippen molar-refractivity contribution in [2.75, 3.05) is 6.54 Å². The minimum Gasteiger partial charge on any atom is -0.341 e. The van der Waals surface area contributed by atoms with E-state index in [0.29, 0.717) is 22.4 Å². The zero-order chi connectivity index (χ0) is 15.4. The van der Waals surface area contributed by atoms with Crippen molar-refractivity contribution >= 4 is 28.1 Å². The number of fused-ring (bicyclic) bond motifs is 2. The molecule has 0 aliphatic heterocycles. The number of hydrogen-bond acceptors (Lipinski definition) is 4. The van der Waals surface area contributed by atoms with Crippen molar-refractivity contribution < 1.29 is 4.79 Å². The molecule has 22 heavy (non-hydrogen) atoms. The summed E-state index contributed by atoms with van der Waals surface area (Å²) in [6, 6.07) is 5.32. The first-order valence-electron chi connectivity index (χ1n) is 6.51. The maximum Gasteiger partial charge on any atom is 0.254 e. The van der Waals surface area contributed by atoms with Crippen LogP contribution >= 0.6 is 0 Å². The molecule has 7 heteroatoms. The van der Waals surface area contributed by atoms with Gasteiger partial charge < -0.3 is 5.32 Å². The van der Waals surface area contributed by atoms with E-state index in [9.17, 15) is 4.79 Å². The molecular weight excluding hydrogens is 280 g/mol. The van der Waals surface area contributed by atoms with Crippen LogP contribution in [0.5, 0.6) is 0 Å². The second-order valence-corrected chi connectivity index (χ2v) is 4.39. The number of aromatic amines is 2. The van der Waals surface area contributed by atoms with Crippen LogP contribution in [0.2, 0.25) is 0 Å². The van der Waals surface area contributed by atoms with Crippen molar-refractivity contribution in [2.24, 2.45) is 0 Å². The summed E-state index contributed by atoms with van der Waals surface area (Å²) in [6.45, 7) is 0.165. The standard InChI is InChI=1S/C15H12N6O/c1-2-6-18-15(22)11-5-3-4-10-9-19-13-14(17-8-7-16-13)21-20-12(10)11/h1,3-5,7-9,20H,6H2,(H,17,21)(H,18,22). The largest absolute Gasteiger partial charge is 0.341 e. The SMILES string of the molecule is C#CCNC(=O)c1cccc2cnc3nccnc3[nH][nH]c12. The van der Waals surface area contributed by atoms with Crippen LogP contribution < -0.4 is 5.32 Å². The highest BCUT2D eigenvalue weighted by Crippen LogP contribution is 2.14. The van der Waals surface area contributed by atoms with Crippen molar-refractivity contribution in [1.82, 2.24) is 30.5 Å². The third-order valence-electron chi connectivity index (χ3n) is 3.00. The van der Waals surface area contributed by atoms with Gasteiger partial charge in [-0.3, -0.25) is 15.0 Å². The number of terminal acetylenes is 1. The highest BCUT2D eigenvalue weighted by atomic mass is 16.1. The smallest absolute Gasteiger partial charge is 0.254 e. The first kappa shape index (κ1) is 13.6. The molecule has 0 spiro atoms. The van der Waals surface area contributed by atoms with E-state index in [2.05, 4.69) is 36.4 Å². The molecule has 0 aliphatic rings. The number of nitrogens with zero attached hydrogens (tertiary/aromatic N) is 3. The number of carbonyl (C=O) groups is 1. The number of aromatic nitrogens is 5. The van der Waals surface area contributed by atoms with Gasteiger partial charge in [-0.05, 0) is 6.07 Å². The number of rotatable bonds is 2. The molecule has 3 aromatic rings. The Balaban J connectivity index is 2.23. The fourth-order valence-corrected chi connectivity index (χ4v) is 2.00. The molecule has 3 rings (SSSR count). The highest BCUT2D eigenvalue weighted by Gasteiger charge is 2.09. The first-order chi connectivity index (χ1) is 10.8. The number of para-hydroxylation sites is 1. The summed E-state index contributed by atoms with van der Waals surface area (Å²) in [5.74, 6) is 2.10. The molecule has 0 unspecified atom stereocenters. The molecule has 7 nitrogen and oxygen atoms in total. The topological polar surface area (TPSA) is 99.3 Å². The zero-order valence-corrected chi connectivity index (χ0v) is 11.5. The number of benzene rings is 1. The monoisotopic (exact) mass is 292 g/mol. The summed E-state index contributed by atoms with van der Waals surface area (Å²) in [5, 5.41) is 9.29. The van der Waals surface area contributed by atoms with E-state index in [-0.39, 0.29) is 12.5 Å². The summed E-state index contributed by atoms with van der Waals surface area (Å²) in [5.41, 5.74) is 1.99. The molecule has 0 aliphatic carbocycles. The molecule has 0 fully saturated rings. The molecule has 1 amide bonds. The maximum absolute atomic E-state index is 12.2. The molecule has 108 valence electrons. The average Bonchev–Trinajstić information content (AvgIpc) is 2.54. The number of carbonyl (C=O) groups excluding carboxylic acids is 1. The van der Waals surface area contributed by atoms with E-state index in [0.717, 1.165) is 5.39 Å². The van der Waals surface area contributed by atoms with E-state index in [4.69, 9.17) is 6.42 Å². The Bertz CT molecular complexity index is 932. The van der Waals surface area contributed by atoms with Crippen LogP contribution in [-0.4, -0.2) is 37.6 Å². The molecule has 0 saturated heterocycles. The number of H-pyrrole nitrogens is 2. The molecule has 0 bridgehead atoms. The van der Waals surface area contributed by atoms with Gasteiger partial charge in [0.1, 0.15) is 0 Å². The van der Waals surface area contributed by atoms with Gasteiger partial charge in [0, 0.05) is 24.0 Å². The molecule has 0 radical (unpaired) electrons. The fraction of sp³-hybridized carbons (Fsp3) is 0.0667. The third kappa shape index (κ3) is 2.58. The summed E-state index contributed by atoms with van der Waals surface area (Å²) in [6.07, 6.45) is 9.91. The van der Waals surface area contributed by atoms with Gasteiger partial charge in [-0.25, -0.2) is 15.0 Å². The number of amides is 1. The van der Waals surface area contributed by atoms with Crippen LogP contribution in [0.4, 0.5) is 0 Å².